The van der Waals surface area contributed by atoms with E-state index in [2.05, 4.69) is 15.3 Å². The minimum absolute atomic E-state index is 0.100. The van der Waals surface area contributed by atoms with Crippen LogP contribution in [0.25, 0.3) is 0 Å². The lowest BCUT2D eigenvalue weighted by atomic mass is 10.1. The average molecular weight is 501 g/mol. The standard InChI is InChI=1S/C19H16Cl2F6N4O/c20-12-8-10(3-4-11(12)18(22,23)24)5-6-28-16(32)13-2-1-7-31(13)15-9-14(21)29-17(30-15)19(25,26)27/h3-4,8-9,13H,1-2,5-7H2,(H,28,32). The SMILES string of the molecule is O=C(NCCc1ccc(C(F)(F)F)c(Cl)c1)C1CCCN1c1cc(Cl)nc(C(F)(F)F)n1. The third kappa shape index (κ3) is 5.74. The number of carbonyl (C=O) groups excluding carboxylic acids is 1. The second kappa shape index (κ2) is 9.30. The van der Waals surface area contributed by atoms with Gasteiger partial charge in [0.2, 0.25) is 11.7 Å². The summed E-state index contributed by atoms with van der Waals surface area (Å²) in [6.45, 7) is 0.403. The topological polar surface area (TPSA) is 58.1 Å². The van der Waals surface area contributed by atoms with Crippen molar-refractivity contribution < 1.29 is 31.1 Å². The van der Waals surface area contributed by atoms with Crippen LogP contribution in [0.5, 0.6) is 0 Å². The monoisotopic (exact) mass is 500 g/mol. The number of nitrogens with one attached hydrogen (secondary N) is 1. The summed E-state index contributed by atoms with van der Waals surface area (Å²) in [6.07, 6.45) is -8.20. The molecule has 1 aliphatic heterocycles. The summed E-state index contributed by atoms with van der Waals surface area (Å²) in [5.74, 6) is -1.95. The Morgan fingerprint density at radius 3 is 2.44 bits per heavy atom. The molecule has 13 heteroatoms. The molecule has 0 aliphatic carbocycles. The molecule has 2 heterocycles. The summed E-state index contributed by atoms with van der Waals surface area (Å²) in [4.78, 5) is 20.7. The lowest BCUT2D eigenvalue weighted by molar-refractivity contribution is -0.145. The van der Waals surface area contributed by atoms with Gasteiger partial charge in [-0.2, -0.15) is 26.3 Å². The van der Waals surface area contributed by atoms with E-state index in [4.69, 9.17) is 23.2 Å². The van der Waals surface area contributed by atoms with Crippen LogP contribution in [0.4, 0.5) is 32.2 Å². The minimum Gasteiger partial charge on any atom is -0.354 e. The molecule has 3 rings (SSSR count). The molecule has 1 N–H and O–H groups in total. The number of anilines is 1. The first-order valence-electron chi connectivity index (χ1n) is 9.38. The second-order valence-electron chi connectivity index (χ2n) is 7.07. The van der Waals surface area contributed by atoms with Crippen molar-refractivity contribution in [2.75, 3.05) is 18.0 Å². The summed E-state index contributed by atoms with van der Waals surface area (Å²) >= 11 is 11.4. The van der Waals surface area contributed by atoms with Crippen LogP contribution in [0, 0.1) is 0 Å². The van der Waals surface area contributed by atoms with Gasteiger partial charge in [0.05, 0.1) is 10.6 Å². The molecule has 1 amide bonds. The van der Waals surface area contributed by atoms with Crippen molar-refractivity contribution in [2.45, 2.75) is 37.7 Å². The first kappa shape index (κ1) is 24.4. The first-order chi connectivity index (χ1) is 14.9. The van der Waals surface area contributed by atoms with Crippen LogP contribution < -0.4 is 10.2 Å². The fourth-order valence-electron chi connectivity index (χ4n) is 3.39. The maximum atomic E-state index is 13.0. The van der Waals surface area contributed by atoms with E-state index in [0.717, 1.165) is 12.1 Å². The van der Waals surface area contributed by atoms with Gasteiger partial charge in [0.15, 0.2) is 0 Å². The average Bonchev–Trinajstić information content (AvgIpc) is 3.16. The zero-order valence-corrected chi connectivity index (χ0v) is 17.7. The lowest BCUT2D eigenvalue weighted by Crippen LogP contribution is -2.44. The van der Waals surface area contributed by atoms with Crippen molar-refractivity contribution in [1.82, 2.24) is 15.3 Å². The quantitative estimate of drug-likeness (QED) is 0.455. The van der Waals surface area contributed by atoms with Gasteiger partial charge in [0, 0.05) is 19.2 Å². The summed E-state index contributed by atoms with van der Waals surface area (Å²) in [5.41, 5.74) is -0.459. The van der Waals surface area contributed by atoms with Crippen molar-refractivity contribution in [2.24, 2.45) is 0 Å². The molecule has 2 aromatic rings. The van der Waals surface area contributed by atoms with Crippen LogP contribution in [0.3, 0.4) is 0 Å². The molecule has 0 radical (unpaired) electrons. The number of carbonyl (C=O) groups is 1. The van der Waals surface area contributed by atoms with E-state index < -0.39 is 45.9 Å². The van der Waals surface area contributed by atoms with Gasteiger partial charge in [-0.1, -0.05) is 29.3 Å². The fraction of sp³-hybridized carbons (Fsp3) is 0.421. The number of alkyl halides is 6. The van der Waals surface area contributed by atoms with E-state index in [1.54, 1.807) is 0 Å². The molecule has 5 nitrogen and oxygen atoms in total. The Morgan fingerprint density at radius 1 is 1.09 bits per heavy atom. The van der Waals surface area contributed by atoms with Gasteiger partial charge in [-0.3, -0.25) is 4.79 Å². The van der Waals surface area contributed by atoms with Crippen LogP contribution in [0.15, 0.2) is 24.3 Å². The molecule has 0 spiro atoms. The third-order valence-electron chi connectivity index (χ3n) is 4.84. The molecule has 1 atom stereocenters. The Balaban J connectivity index is 1.64. The Morgan fingerprint density at radius 2 is 1.81 bits per heavy atom. The number of halogens is 8. The fourth-order valence-corrected chi connectivity index (χ4v) is 3.87. The van der Waals surface area contributed by atoms with Crippen LogP contribution >= 0.6 is 23.2 Å². The summed E-state index contributed by atoms with van der Waals surface area (Å²) in [7, 11) is 0. The smallest absolute Gasteiger partial charge is 0.354 e. The maximum Gasteiger partial charge on any atom is 0.451 e. The van der Waals surface area contributed by atoms with E-state index >= 15 is 0 Å². The van der Waals surface area contributed by atoms with Gasteiger partial charge in [-0.15, -0.1) is 0 Å². The van der Waals surface area contributed by atoms with E-state index in [-0.39, 0.29) is 18.8 Å². The Labute approximate surface area is 188 Å². The molecule has 32 heavy (non-hydrogen) atoms. The van der Waals surface area contributed by atoms with Gasteiger partial charge in [0.1, 0.15) is 17.0 Å². The van der Waals surface area contributed by atoms with Crippen LogP contribution in [-0.4, -0.2) is 35.0 Å². The molecule has 0 saturated carbocycles. The number of nitrogens with zero attached hydrogens (tertiary/aromatic N) is 3. The molecule has 0 bridgehead atoms. The molecular weight excluding hydrogens is 485 g/mol. The van der Waals surface area contributed by atoms with Crippen LogP contribution in [0.2, 0.25) is 10.2 Å². The predicted molar refractivity (Wildman–Crippen MR) is 106 cm³/mol. The summed E-state index contributed by atoms with van der Waals surface area (Å²) in [5, 5.41) is 1.82. The summed E-state index contributed by atoms with van der Waals surface area (Å²) < 4.78 is 77.3. The van der Waals surface area contributed by atoms with Crippen LogP contribution in [-0.2, 0) is 23.6 Å². The number of amides is 1. The van der Waals surface area contributed by atoms with Crippen molar-refractivity contribution in [1.29, 1.82) is 0 Å². The summed E-state index contributed by atoms with van der Waals surface area (Å²) in [6, 6.07) is 3.71. The van der Waals surface area contributed by atoms with Crippen molar-refractivity contribution in [3.8, 4) is 0 Å². The minimum atomic E-state index is -4.79. The van der Waals surface area contributed by atoms with Gasteiger partial charge in [-0.05, 0) is 37.0 Å². The maximum absolute atomic E-state index is 13.0. The zero-order chi connectivity index (χ0) is 23.7. The molecule has 1 aromatic carbocycles. The van der Waals surface area contributed by atoms with Gasteiger partial charge >= 0.3 is 12.4 Å². The highest BCUT2D eigenvalue weighted by molar-refractivity contribution is 6.31. The normalized spacial score (nSPS) is 17.0. The second-order valence-corrected chi connectivity index (χ2v) is 7.87. The van der Waals surface area contributed by atoms with Gasteiger partial charge in [0.25, 0.3) is 0 Å². The zero-order valence-electron chi connectivity index (χ0n) is 16.2. The molecule has 1 saturated heterocycles. The number of aromatic nitrogens is 2. The highest BCUT2D eigenvalue weighted by Gasteiger charge is 2.38. The van der Waals surface area contributed by atoms with Crippen molar-refractivity contribution >= 4 is 34.9 Å². The number of hydrogen-bond donors (Lipinski definition) is 1. The molecule has 1 aromatic heterocycles. The molecule has 174 valence electrons. The Bertz CT molecular complexity index is 999. The van der Waals surface area contributed by atoms with Gasteiger partial charge < -0.3 is 10.2 Å². The first-order valence-corrected chi connectivity index (χ1v) is 10.1. The third-order valence-corrected chi connectivity index (χ3v) is 5.34. The number of hydrogen-bond acceptors (Lipinski definition) is 4. The van der Waals surface area contributed by atoms with Crippen molar-refractivity contribution in [3.63, 3.8) is 0 Å². The van der Waals surface area contributed by atoms with E-state index in [0.29, 0.717) is 24.9 Å². The van der Waals surface area contributed by atoms with E-state index in [1.165, 1.54) is 17.0 Å². The lowest BCUT2D eigenvalue weighted by Gasteiger charge is -2.25. The van der Waals surface area contributed by atoms with Crippen LogP contribution in [0.1, 0.15) is 29.8 Å². The molecular formula is C19H16Cl2F6N4O. The molecule has 1 fully saturated rings. The number of benzene rings is 1. The Hall–Kier alpha value is -2.27. The number of rotatable bonds is 5. The van der Waals surface area contributed by atoms with Gasteiger partial charge in [-0.25, -0.2) is 9.97 Å². The molecule has 1 unspecified atom stereocenters. The highest BCUT2D eigenvalue weighted by Crippen LogP contribution is 2.35. The molecule has 1 aliphatic rings. The Kier molecular flexibility index (Phi) is 7.09. The largest absolute Gasteiger partial charge is 0.451 e. The predicted octanol–water partition coefficient (Wildman–Crippen LogP) is 5.15. The van der Waals surface area contributed by atoms with Crippen molar-refractivity contribution in [3.05, 3.63) is 51.4 Å². The highest BCUT2D eigenvalue weighted by atomic mass is 35.5. The van der Waals surface area contributed by atoms with E-state index in [9.17, 15) is 31.1 Å². The van der Waals surface area contributed by atoms with E-state index in [1.807, 2.05) is 0 Å².